The number of primary amides is 1. The van der Waals surface area contributed by atoms with Gasteiger partial charge >= 0.3 is 6.03 Å². The van der Waals surface area contributed by atoms with Gasteiger partial charge in [0.1, 0.15) is 0 Å². The first-order chi connectivity index (χ1) is 11.5. The molecule has 132 valence electrons. The van der Waals surface area contributed by atoms with Crippen LogP contribution in [0.15, 0.2) is 12.4 Å². The second-order valence-corrected chi connectivity index (χ2v) is 6.70. The molecule has 0 bridgehead atoms. The third-order valence-corrected chi connectivity index (χ3v) is 4.96. The van der Waals surface area contributed by atoms with Crippen molar-refractivity contribution >= 4 is 12.0 Å². The number of urea groups is 1. The molecule has 0 aliphatic carbocycles. The molecule has 3 heterocycles. The van der Waals surface area contributed by atoms with Crippen molar-refractivity contribution < 1.29 is 9.53 Å². The lowest BCUT2D eigenvalue weighted by Gasteiger charge is -2.33. The summed E-state index contributed by atoms with van der Waals surface area (Å²) < 4.78 is 5.99. The van der Waals surface area contributed by atoms with Gasteiger partial charge in [-0.1, -0.05) is 0 Å². The van der Waals surface area contributed by atoms with Gasteiger partial charge in [0.2, 0.25) is 5.95 Å². The van der Waals surface area contributed by atoms with E-state index < -0.39 is 0 Å². The van der Waals surface area contributed by atoms with Crippen LogP contribution in [0.4, 0.5) is 10.7 Å². The first-order valence-electron chi connectivity index (χ1n) is 8.56. The van der Waals surface area contributed by atoms with E-state index in [9.17, 15) is 4.79 Å². The van der Waals surface area contributed by atoms with Gasteiger partial charge in [0.05, 0.1) is 18.5 Å². The Morgan fingerprint density at radius 3 is 2.46 bits per heavy atom. The molecule has 0 aromatic carbocycles. The summed E-state index contributed by atoms with van der Waals surface area (Å²) in [6.45, 7) is 5.14. The molecule has 2 aliphatic heterocycles. The summed E-state index contributed by atoms with van der Waals surface area (Å²) in [6, 6.07) is -0.136. The van der Waals surface area contributed by atoms with E-state index in [2.05, 4.69) is 21.8 Å². The Labute approximate surface area is 142 Å². The van der Waals surface area contributed by atoms with E-state index in [0.29, 0.717) is 30.7 Å². The van der Waals surface area contributed by atoms with Crippen molar-refractivity contribution in [2.24, 2.45) is 17.4 Å². The highest BCUT2D eigenvalue weighted by molar-refractivity contribution is 5.72. The van der Waals surface area contributed by atoms with E-state index in [1.165, 1.54) is 0 Å². The van der Waals surface area contributed by atoms with Gasteiger partial charge in [-0.2, -0.15) is 0 Å². The molecule has 1 aromatic rings. The molecule has 0 radical (unpaired) electrons. The largest absolute Gasteiger partial charge is 0.487 e. The van der Waals surface area contributed by atoms with Crippen LogP contribution >= 0.6 is 0 Å². The zero-order valence-corrected chi connectivity index (χ0v) is 14.1. The maximum atomic E-state index is 11.2. The highest BCUT2D eigenvalue weighted by atomic mass is 16.5. The molecule has 2 atom stereocenters. The molecule has 1 aromatic heterocycles. The number of hydrogen-bond acceptors (Lipinski definition) is 6. The highest BCUT2D eigenvalue weighted by Gasteiger charge is 2.27. The second-order valence-electron chi connectivity index (χ2n) is 6.70. The van der Waals surface area contributed by atoms with Crippen LogP contribution in [0, 0.1) is 5.92 Å². The minimum atomic E-state index is -0.340. The fraction of sp³-hybridized carbons (Fsp3) is 0.688. The van der Waals surface area contributed by atoms with Gasteiger partial charge in [-0.15, -0.1) is 0 Å². The molecule has 3 rings (SSSR count). The molecule has 8 nitrogen and oxygen atoms in total. The van der Waals surface area contributed by atoms with Crippen LogP contribution in [0.5, 0.6) is 5.75 Å². The third kappa shape index (κ3) is 3.87. The van der Waals surface area contributed by atoms with Crippen LogP contribution in [0.25, 0.3) is 0 Å². The molecule has 4 N–H and O–H groups in total. The number of anilines is 1. The number of ether oxygens (including phenoxy) is 1. The monoisotopic (exact) mass is 334 g/mol. The van der Waals surface area contributed by atoms with Crippen LogP contribution in [0.1, 0.15) is 26.2 Å². The van der Waals surface area contributed by atoms with Gasteiger partial charge < -0.3 is 26.0 Å². The van der Waals surface area contributed by atoms with E-state index in [4.69, 9.17) is 16.2 Å². The SMILES string of the molecule is C[C@H](Oc1cnc(N2CC[C@@H](N)C2)nc1)C1CCN(C(N)=O)CC1. The molecule has 2 fully saturated rings. The average molecular weight is 334 g/mol. The summed E-state index contributed by atoms with van der Waals surface area (Å²) in [7, 11) is 0. The molecule has 2 saturated heterocycles. The van der Waals surface area contributed by atoms with E-state index in [1.807, 2.05) is 0 Å². The van der Waals surface area contributed by atoms with Crippen LogP contribution < -0.4 is 21.1 Å². The van der Waals surface area contributed by atoms with Gasteiger partial charge in [0, 0.05) is 32.2 Å². The number of rotatable bonds is 4. The Morgan fingerprint density at radius 2 is 1.92 bits per heavy atom. The number of nitrogens with zero attached hydrogens (tertiary/aromatic N) is 4. The highest BCUT2D eigenvalue weighted by Crippen LogP contribution is 2.24. The van der Waals surface area contributed by atoms with E-state index in [1.54, 1.807) is 17.3 Å². The van der Waals surface area contributed by atoms with E-state index in [-0.39, 0.29) is 18.2 Å². The first-order valence-corrected chi connectivity index (χ1v) is 8.56. The Morgan fingerprint density at radius 1 is 1.25 bits per heavy atom. The standard InChI is InChI=1S/C16H26N6O2/c1-11(12-2-5-21(6-3-12)15(18)23)24-14-8-19-16(20-9-14)22-7-4-13(17)10-22/h8-9,11-13H,2-7,10,17H2,1H3,(H2,18,23)/t11-,13+/m0/s1. The quantitative estimate of drug-likeness (QED) is 0.833. The number of aromatic nitrogens is 2. The first kappa shape index (κ1) is 16.8. The lowest BCUT2D eigenvalue weighted by molar-refractivity contribution is 0.0980. The smallest absolute Gasteiger partial charge is 0.314 e. The zero-order valence-electron chi connectivity index (χ0n) is 14.1. The van der Waals surface area contributed by atoms with Crippen LogP contribution in [-0.2, 0) is 0 Å². The van der Waals surface area contributed by atoms with Gasteiger partial charge in [-0.05, 0) is 32.1 Å². The summed E-state index contributed by atoms with van der Waals surface area (Å²) in [5.41, 5.74) is 11.2. The molecule has 0 spiro atoms. The van der Waals surface area contributed by atoms with Crippen LogP contribution in [-0.4, -0.2) is 59.2 Å². The Bertz CT molecular complexity index is 558. The second kappa shape index (κ2) is 7.21. The summed E-state index contributed by atoms with van der Waals surface area (Å²) in [4.78, 5) is 23.7. The van der Waals surface area contributed by atoms with Gasteiger partial charge in [-0.3, -0.25) is 0 Å². The van der Waals surface area contributed by atoms with Crippen molar-refractivity contribution in [2.45, 2.75) is 38.3 Å². The molecule has 2 aliphatic rings. The third-order valence-electron chi connectivity index (χ3n) is 4.96. The Balaban J connectivity index is 1.51. The van der Waals surface area contributed by atoms with Gasteiger partial charge in [-0.25, -0.2) is 14.8 Å². The van der Waals surface area contributed by atoms with Crippen molar-refractivity contribution in [2.75, 3.05) is 31.1 Å². The average Bonchev–Trinajstić information content (AvgIpc) is 3.02. The maximum Gasteiger partial charge on any atom is 0.314 e. The number of likely N-dealkylation sites (tertiary alicyclic amines) is 1. The lowest BCUT2D eigenvalue weighted by atomic mass is 9.92. The molecule has 0 saturated carbocycles. The fourth-order valence-corrected chi connectivity index (χ4v) is 3.40. The summed E-state index contributed by atoms with van der Waals surface area (Å²) in [5, 5.41) is 0. The predicted octanol–water partition coefficient (Wildman–Crippen LogP) is 0.572. The normalized spacial score (nSPS) is 23.3. The number of carbonyl (C=O) groups excluding carboxylic acids is 1. The van der Waals surface area contributed by atoms with Crippen molar-refractivity contribution in [3.63, 3.8) is 0 Å². The molecule has 24 heavy (non-hydrogen) atoms. The minimum absolute atomic E-state index is 0.0506. The lowest BCUT2D eigenvalue weighted by Crippen LogP contribution is -2.44. The molecule has 2 amide bonds. The fourth-order valence-electron chi connectivity index (χ4n) is 3.40. The maximum absolute atomic E-state index is 11.2. The van der Waals surface area contributed by atoms with E-state index in [0.717, 1.165) is 32.4 Å². The number of nitrogens with two attached hydrogens (primary N) is 2. The summed E-state index contributed by atoms with van der Waals surface area (Å²) in [5.74, 6) is 1.78. The number of hydrogen-bond donors (Lipinski definition) is 2. The predicted molar refractivity (Wildman–Crippen MR) is 90.8 cm³/mol. The van der Waals surface area contributed by atoms with E-state index >= 15 is 0 Å². The zero-order chi connectivity index (χ0) is 17.1. The Hall–Kier alpha value is -2.09. The van der Waals surface area contributed by atoms with Crippen molar-refractivity contribution in [1.29, 1.82) is 0 Å². The van der Waals surface area contributed by atoms with Crippen LogP contribution in [0.3, 0.4) is 0 Å². The van der Waals surface area contributed by atoms with Crippen molar-refractivity contribution in [1.82, 2.24) is 14.9 Å². The number of carbonyl (C=O) groups is 1. The van der Waals surface area contributed by atoms with Gasteiger partial charge in [0.15, 0.2) is 5.75 Å². The minimum Gasteiger partial charge on any atom is -0.487 e. The van der Waals surface area contributed by atoms with Gasteiger partial charge in [0.25, 0.3) is 0 Å². The number of amides is 2. The number of piperidine rings is 1. The Kier molecular flexibility index (Phi) is 5.03. The molecule has 8 heteroatoms. The topological polar surface area (TPSA) is 111 Å². The molecular formula is C16H26N6O2. The van der Waals surface area contributed by atoms with Crippen molar-refractivity contribution in [3.8, 4) is 5.75 Å². The summed E-state index contributed by atoms with van der Waals surface area (Å²) >= 11 is 0. The summed E-state index contributed by atoms with van der Waals surface area (Å²) in [6.07, 6.45) is 6.27. The van der Waals surface area contributed by atoms with Crippen molar-refractivity contribution in [3.05, 3.63) is 12.4 Å². The van der Waals surface area contributed by atoms with Crippen LogP contribution in [0.2, 0.25) is 0 Å². The molecule has 0 unspecified atom stereocenters. The molecular weight excluding hydrogens is 308 g/mol.